The molecule has 0 spiro atoms. The highest BCUT2D eigenvalue weighted by atomic mass is 32.2. The number of fused-ring (bicyclic) bond motifs is 1. The van der Waals surface area contributed by atoms with Gasteiger partial charge >= 0.3 is 0 Å². The molecular weight excluding hydrogens is 418 g/mol. The number of benzene rings is 2. The predicted molar refractivity (Wildman–Crippen MR) is 115 cm³/mol. The highest BCUT2D eigenvalue weighted by molar-refractivity contribution is 7.90. The Labute approximate surface area is 181 Å². The minimum Gasteiger partial charge on any atom is -0.493 e. The molecule has 2 aromatic rings. The molecule has 8 heteroatoms. The van der Waals surface area contributed by atoms with Crippen LogP contribution < -0.4 is 9.47 Å². The summed E-state index contributed by atoms with van der Waals surface area (Å²) in [6, 6.07) is 10.6. The molecule has 1 atom stereocenters. The van der Waals surface area contributed by atoms with Crippen LogP contribution in [0.2, 0.25) is 0 Å². The summed E-state index contributed by atoms with van der Waals surface area (Å²) in [7, 11) is -1.98. The zero-order valence-corrected chi connectivity index (χ0v) is 18.4. The number of imide groups is 1. The van der Waals surface area contributed by atoms with Gasteiger partial charge in [0.1, 0.15) is 9.84 Å². The van der Waals surface area contributed by atoms with Crippen LogP contribution >= 0.6 is 0 Å². The topological polar surface area (TPSA) is 90.0 Å². The van der Waals surface area contributed by atoms with Crippen molar-refractivity contribution in [3.8, 4) is 11.5 Å². The second-order valence-corrected chi connectivity index (χ2v) is 10.3. The molecule has 1 saturated carbocycles. The molecule has 2 amide bonds. The molecule has 4 rings (SSSR count). The lowest BCUT2D eigenvalue weighted by Gasteiger charge is -2.27. The largest absolute Gasteiger partial charge is 0.493 e. The molecule has 0 aromatic heterocycles. The van der Waals surface area contributed by atoms with Gasteiger partial charge in [-0.3, -0.25) is 14.5 Å². The van der Waals surface area contributed by atoms with Crippen molar-refractivity contribution in [2.45, 2.75) is 37.8 Å². The van der Waals surface area contributed by atoms with Gasteiger partial charge in [0.25, 0.3) is 11.8 Å². The van der Waals surface area contributed by atoms with Crippen LogP contribution in [0.5, 0.6) is 11.5 Å². The van der Waals surface area contributed by atoms with Gasteiger partial charge in [-0.15, -0.1) is 0 Å². The van der Waals surface area contributed by atoms with Gasteiger partial charge in [0, 0.05) is 6.26 Å². The van der Waals surface area contributed by atoms with Crippen LogP contribution in [0.25, 0.3) is 0 Å². The quantitative estimate of drug-likeness (QED) is 0.610. The van der Waals surface area contributed by atoms with Crippen molar-refractivity contribution in [2.75, 3.05) is 19.1 Å². The maximum absolute atomic E-state index is 13.0. The average Bonchev–Trinajstić information content (AvgIpc) is 3.33. The first-order valence-corrected chi connectivity index (χ1v) is 12.3. The van der Waals surface area contributed by atoms with Gasteiger partial charge in [-0.25, -0.2) is 8.42 Å². The average molecular weight is 444 g/mol. The Bertz CT molecular complexity index is 1090. The first-order chi connectivity index (χ1) is 14.8. The second kappa shape index (κ2) is 8.34. The zero-order chi connectivity index (χ0) is 22.2. The van der Waals surface area contributed by atoms with Crippen molar-refractivity contribution in [1.29, 1.82) is 0 Å². The third-order valence-corrected chi connectivity index (χ3v) is 6.69. The fourth-order valence-electron chi connectivity index (χ4n) is 4.28. The summed E-state index contributed by atoms with van der Waals surface area (Å²) in [6.45, 7) is 0. The zero-order valence-electron chi connectivity index (χ0n) is 17.5. The maximum Gasteiger partial charge on any atom is 0.262 e. The van der Waals surface area contributed by atoms with Crippen LogP contribution in [0, 0.1) is 0 Å². The Morgan fingerprint density at radius 3 is 2.16 bits per heavy atom. The summed E-state index contributed by atoms with van der Waals surface area (Å²) >= 11 is 0. The van der Waals surface area contributed by atoms with Crippen molar-refractivity contribution in [1.82, 2.24) is 4.90 Å². The van der Waals surface area contributed by atoms with Crippen molar-refractivity contribution in [3.05, 3.63) is 59.2 Å². The summed E-state index contributed by atoms with van der Waals surface area (Å²) in [5.74, 6) is -0.363. The Balaban J connectivity index is 1.75. The van der Waals surface area contributed by atoms with Crippen molar-refractivity contribution in [3.63, 3.8) is 0 Å². The van der Waals surface area contributed by atoms with Crippen LogP contribution in [0.3, 0.4) is 0 Å². The molecule has 1 unspecified atom stereocenters. The van der Waals surface area contributed by atoms with E-state index in [1.807, 2.05) is 0 Å². The van der Waals surface area contributed by atoms with E-state index in [4.69, 9.17) is 9.47 Å². The van der Waals surface area contributed by atoms with Crippen LogP contribution in [0.4, 0.5) is 0 Å². The Hall–Kier alpha value is -2.87. The number of rotatable bonds is 7. The van der Waals surface area contributed by atoms with Gasteiger partial charge in [-0.1, -0.05) is 18.2 Å². The number of carbonyl (C=O) groups is 2. The molecule has 1 aliphatic carbocycles. The van der Waals surface area contributed by atoms with E-state index >= 15 is 0 Å². The van der Waals surface area contributed by atoms with E-state index in [2.05, 4.69) is 0 Å². The number of hydrogen-bond acceptors (Lipinski definition) is 6. The Kier molecular flexibility index (Phi) is 5.75. The molecule has 1 aliphatic heterocycles. The van der Waals surface area contributed by atoms with Crippen molar-refractivity contribution >= 4 is 21.7 Å². The lowest BCUT2D eigenvalue weighted by molar-refractivity contribution is 0.0597. The highest BCUT2D eigenvalue weighted by Crippen LogP contribution is 2.38. The summed E-state index contributed by atoms with van der Waals surface area (Å²) in [4.78, 5) is 27.1. The molecule has 7 nitrogen and oxygen atoms in total. The number of sulfone groups is 1. The number of hydrogen-bond donors (Lipinski definition) is 0. The molecule has 31 heavy (non-hydrogen) atoms. The molecule has 0 N–H and O–H groups in total. The fraction of sp³-hybridized carbons (Fsp3) is 0.391. The second-order valence-electron chi connectivity index (χ2n) is 8.07. The van der Waals surface area contributed by atoms with Gasteiger partial charge in [0.05, 0.1) is 36.1 Å². The number of ether oxygens (including phenoxy) is 2. The smallest absolute Gasteiger partial charge is 0.262 e. The summed E-state index contributed by atoms with van der Waals surface area (Å²) in [5, 5.41) is 0. The van der Waals surface area contributed by atoms with Crippen LogP contribution in [0.1, 0.15) is 58.0 Å². The van der Waals surface area contributed by atoms with Crippen LogP contribution in [0.15, 0.2) is 42.5 Å². The number of carbonyl (C=O) groups excluding carboxylic acids is 2. The molecule has 0 radical (unpaired) electrons. The van der Waals surface area contributed by atoms with E-state index in [0.29, 0.717) is 17.1 Å². The van der Waals surface area contributed by atoms with Crippen LogP contribution in [-0.4, -0.2) is 50.4 Å². The summed E-state index contributed by atoms with van der Waals surface area (Å²) in [6.07, 6.45) is 5.24. The standard InChI is InChI=1S/C23H25NO6S/c1-29-20-12-11-15(13-21(20)30-16-7-3-4-8-16)19(14-31(2,27)28)24-22(25)17-9-5-6-10-18(17)23(24)26/h5-6,9-13,16,19H,3-4,7-8,14H2,1-2H3. The first kappa shape index (κ1) is 21.4. The molecule has 0 bridgehead atoms. The summed E-state index contributed by atoms with van der Waals surface area (Å²) in [5.41, 5.74) is 1.07. The fourth-order valence-corrected chi connectivity index (χ4v) is 5.19. The number of amides is 2. The monoisotopic (exact) mass is 443 g/mol. The minimum absolute atomic E-state index is 0.0665. The van der Waals surface area contributed by atoms with E-state index in [-0.39, 0.29) is 23.0 Å². The third kappa shape index (κ3) is 4.30. The van der Waals surface area contributed by atoms with Gasteiger partial charge in [0.2, 0.25) is 0 Å². The Morgan fingerprint density at radius 2 is 1.61 bits per heavy atom. The van der Waals surface area contributed by atoms with Crippen molar-refractivity contribution in [2.24, 2.45) is 0 Å². The van der Waals surface area contributed by atoms with E-state index < -0.39 is 27.7 Å². The Morgan fingerprint density at radius 1 is 1.00 bits per heavy atom. The third-order valence-electron chi connectivity index (χ3n) is 5.77. The lowest BCUT2D eigenvalue weighted by atomic mass is 10.1. The van der Waals surface area contributed by atoms with Gasteiger partial charge in [-0.05, 0) is 55.5 Å². The summed E-state index contributed by atoms with van der Waals surface area (Å²) < 4.78 is 36.0. The molecule has 164 valence electrons. The maximum atomic E-state index is 13.0. The van der Waals surface area contributed by atoms with E-state index in [9.17, 15) is 18.0 Å². The molecule has 2 aliphatic rings. The predicted octanol–water partition coefficient (Wildman–Crippen LogP) is 3.40. The molecule has 1 fully saturated rings. The SMILES string of the molecule is COc1ccc(C(CS(C)(=O)=O)N2C(=O)c3ccccc3C2=O)cc1OC1CCCC1. The molecule has 2 aromatic carbocycles. The van der Waals surface area contributed by atoms with Gasteiger partial charge < -0.3 is 9.47 Å². The van der Waals surface area contributed by atoms with E-state index in [1.54, 1.807) is 42.5 Å². The minimum atomic E-state index is -3.51. The van der Waals surface area contributed by atoms with Gasteiger partial charge in [-0.2, -0.15) is 0 Å². The normalized spacial score (nSPS) is 17.7. The first-order valence-electron chi connectivity index (χ1n) is 10.3. The van der Waals surface area contributed by atoms with E-state index in [0.717, 1.165) is 36.8 Å². The molecular formula is C23H25NO6S. The van der Waals surface area contributed by atoms with Gasteiger partial charge in [0.15, 0.2) is 11.5 Å². The molecule has 0 saturated heterocycles. The highest BCUT2D eigenvalue weighted by Gasteiger charge is 2.41. The number of methoxy groups -OCH3 is 1. The molecule has 1 heterocycles. The number of nitrogens with zero attached hydrogens (tertiary/aromatic N) is 1. The van der Waals surface area contributed by atoms with Crippen molar-refractivity contribution < 1.29 is 27.5 Å². The van der Waals surface area contributed by atoms with E-state index in [1.165, 1.54) is 7.11 Å². The van der Waals surface area contributed by atoms with Crippen LogP contribution in [-0.2, 0) is 9.84 Å². The lowest BCUT2D eigenvalue weighted by Crippen LogP contribution is -2.37.